The van der Waals surface area contributed by atoms with Crippen molar-refractivity contribution in [3.8, 4) is 11.3 Å². The van der Waals surface area contributed by atoms with E-state index in [-0.39, 0.29) is 0 Å². The topological polar surface area (TPSA) is 74.6 Å². The molecule has 0 aliphatic carbocycles. The average molecular weight is 506 g/mol. The van der Waals surface area contributed by atoms with Crippen LogP contribution in [0.5, 0.6) is 0 Å². The van der Waals surface area contributed by atoms with Crippen LogP contribution >= 0.6 is 11.3 Å². The third-order valence-electron chi connectivity index (χ3n) is 8.65. The fourth-order valence-corrected chi connectivity index (χ4v) is 7.65. The highest BCUT2D eigenvalue weighted by Gasteiger charge is 2.52. The molecule has 7 heterocycles. The van der Waals surface area contributed by atoms with Gasteiger partial charge in [0.2, 0.25) is 0 Å². The zero-order valence-corrected chi connectivity index (χ0v) is 22.5. The molecule has 0 amide bonds. The van der Waals surface area contributed by atoms with Gasteiger partial charge < -0.3 is 19.5 Å². The van der Waals surface area contributed by atoms with Crippen LogP contribution in [-0.2, 0) is 4.74 Å². The number of hydrogen-bond acceptors (Lipinski definition) is 7. The van der Waals surface area contributed by atoms with Gasteiger partial charge in [-0.3, -0.25) is 0 Å². The van der Waals surface area contributed by atoms with E-state index in [1.54, 1.807) is 17.7 Å². The van der Waals surface area contributed by atoms with E-state index in [9.17, 15) is 0 Å². The lowest BCUT2D eigenvalue weighted by Gasteiger charge is -2.61. The Morgan fingerprint density at radius 1 is 1.14 bits per heavy atom. The first-order valence-corrected chi connectivity index (χ1v) is 14.1. The number of nitrogens with zero attached hydrogens (tertiary/aromatic N) is 6. The molecular formula is C27H35N7OS. The number of likely N-dealkylation sites (tertiary alicyclic amines) is 1. The second-order valence-electron chi connectivity index (χ2n) is 11.6. The largest absolute Gasteiger partial charge is 0.381 e. The first-order valence-electron chi connectivity index (χ1n) is 13.3. The number of rotatable bonds is 5. The summed E-state index contributed by atoms with van der Waals surface area (Å²) in [5, 5.41) is 5.57. The Hall–Kier alpha value is -2.49. The summed E-state index contributed by atoms with van der Waals surface area (Å²) in [6.45, 7) is 16.8. The highest BCUT2D eigenvalue weighted by molar-refractivity contribution is 7.21. The van der Waals surface area contributed by atoms with Crippen molar-refractivity contribution in [1.29, 1.82) is 0 Å². The molecule has 4 aromatic rings. The van der Waals surface area contributed by atoms with E-state index in [0.29, 0.717) is 11.3 Å². The van der Waals surface area contributed by atoms with Crippen molar-refractivity contribution >= 4 is 32.5 Å². The van der Waals surface area contributed by atoms with Gasteiger partial charge in [-0.2, -0.15) is 5.10 Å². The second-order valence-corrected chi connectivity index (χ2v) is 12.6. The molecule has 8 nitrogen and oxygen atoms in total. The van der Waals surface area contributed by atoms with E-state index in [2.05, 4.69) is 58.8 Å². The number of aryl methyl sites for hydroxylation is 1. The Morgan fingerprint density at radius 3 is 2.67 bits per heavy atom. The van der Waals surface area contributed by atoms with Crippen LogP contribution in [0.15, 0.2) is 12.5 Å². The van der Waals surface area contributed by atoms with Crippen LogP contribution in [0.2, 0.25) is 0 Å². The quantitative estimate of drug-likeness (QED) is 0.427. The molecule has 0 aromatic carbocycles. The van der Waals surface area contributed by atoms with Crippen molar-refractivity contribution in [2.24, 2.45) is 11.3 Å². The fourth-order valence-electron chi connectivity index (χ4n) is 6.66. The van der Waals surface area contributed by atoms with Crippen LogP contribution in [0.3, 0.4) is 0 Å². The van der Waals surface area contributed by atoms with E-state index in [1.165, 1.54) is 65.3 Å². The highest BCUT2D eigenvalue weighted by Crippen LogP contribution is 2.46. The van der Waals surface area contributed by atoms with E-state index >= 15 is 0 Å². The van der Waals surface area contributed by atoms with Gasteiger partial charge in [0.15, 0.2) is 10.8 Å². The van der Waals surface area contributed by atoms with E-state index in [1.807, 2.05) is 4.52 Å². The molecule has 190 valence electrons. The third kappa shape index (κ3) is 3.50. The number of aromatic amines is 1. The first-order chi connectivity index (χ1) is 17.4. The van der Waals surface area contributed by atoms with Crippen molar-refractivity contribution in [1.82, 2.24) is 29.5 Å². The number of aromatic nitrogens is 5. The molecule has 9 heteroatoms. The van der Waals surface area contributed by atoms with Gasteiger partial charge in [0.25, 0.3) is 0 Å². The maximum atomic E-state index is 5.53. The molecule has 36 heavy (non-hydrogen) atoms. The monoisotopic (exact) mass is 505 g/mol. The summed E-state index contributed by atoms with van der Waals surface area (Å²) in [5.74, 6) is 1.19. The number of ether oxygens (including phenoxy) is 1. The van der Waals surface area contributed by atoms with E-state index in [4.69, 9.17) is 9.72 Å². The van der Waals surface area contributed by atoms with Gasteiger partial charge in [-0.15, -0.1) is 0 Å². The minimum atomic E-state index is 0.364. The third-order valence-corrected chi connectivity index (χ3v) is 9.68. The fraction of sp³-hybridized carbons (Fsp3) is 0.593. The Labute approximate surface area is 215 Å². The van der Waals surface area contributed by atoms with Gasteiger partial charge in [-0.25, -0.2) is 14.5 Å². The summed E-state index contributed by atoms with van der Waals surface area (Å²) < 4.78 is 7.42. The number of pyridine rings is 1. The number of H-pyrrole nitrogens is 1. The summed E-state index contributed by atoms with van der Waals surface area (Å²) in [5.41, 5.74) is 8.61. The van der Waals surface area contributed by atoms with Gasteiger partial charge in [0.05, 0.1) is 5.69 Å². The Morgan fingerprint density at radius 2 is 1.92 bits per heavy atom. The predicted molar refractivity (Wildman–Crippen MR) is 144 cm³/mol. The van der Waals surface area contributed by atoms with Crippen molar-refractivity contribution in [2.45, 2.75) is 46.5 Å². The SMILES string of the molecule is Cc1c(-c2[nH]c3sc(N4CC5(CN(CC6CCOCC6)C5)C4)nc3c2C(C)C)cn2ncnc2c1C. The first kappa shape index (κ1) is 22.7. The number of thiazole rings is 1. The molecule has 0 radical (unpaired) electrons. The standard InChI is InChI=1S/C27H35N7OS/c1-16(2)21-22(20-10-34-24(28-15-29-34)18(4)17(20)3)30-25-23(21)31-26(36-25)33-13-27(14-33)11-32(12-27)9-19-5-7-35-8-6-19/h10,15-16,19,30H,5-9,11-14H2,1-4H3. The van der Waals surface area contributed by atoms with Crippen LogP contribution in [0, 0.1) is 25.2 Å². The zero-order chi connectivity index (χ0) is 24.6. The minimum Gasteiger partial charge on any atom is -0.381 e. The molecule has 1 spiro atoms. The Kier molecular flexibility index (Phi) is 5.21. The van der Waals surface area contributed by atoms with Crippen LogP contribution < -0.4 is 4.90 Å². The van der Waals surface area contributed by atoms with Crippen molar-refractivity contribution in [3.63, 3.8) is 0 Å². The molecule has 3 fully saturated rings. The number of anilines is 1. The van der Waals surface area contributed by atoms with E-state index < -0.39 is 0 Å². The molecule has 0 atom stereocenters. The zero-order valence-electron chi connectivity index (χ0n) is 21.7. The second kappa shape index (κ2) is 8.26. The van der Waals surface area contributed by atoms with Gasteiger partial charge in [-0.1, -0.05) is 25.2 Å². The molecule has 1 N–H and O–H groups in total. The average Bonchev–Trinajstić information content (AvgIpc) is 3.51. The number of nitrogens with one attached hydrogen (secondary N) is 1. The molecular weight excluding hydrogens is 470 g/mol. The molecule has 3 aliphatic rings. The summed E-state index contributed by atoms with van der Waals surface area (Å²) in [7, 11) is 0. The van der Waals surface area contributed by atoms with Crippen molar-refractivity contribution < 1.29 is 4.74 Å². The molecule has 0 bridgehead atoms. The van der Waals surface area contributed by atoms with Crippen LogP contribution in [0.1, 0.15) is 49.3 Å². The maximum Gasteiger partial charge on any atom is 0.187 e. The predicted octanol–water partition coefficient (Wildman–Crippen LogP) is 4.62. The molecule has 0 saturated carbocycles. The molecule has 7 rings (SSSR count). The van der Waals surface area contributed by atoms with Crippen LogP contribution in [-0.4, -0.2) is 75.4 Å². The summed E-state index contributed by atoms with van der Waals surface area (Å²) in [6, 6.07) is 0. The maximum absolute atomic E-state index is 5.53. The van der Waals surface area contributed by atoms with Gasteiger partial charge in [0, 0.05) is 68.7 Å². The summed E-state index contributed by atoms with van der Waals surface area (Å²) in [4.78, 5) is 19.7. The van der Waals surface area contributed by atoms with Gasteiger partial charge in [-0.05, 0) is 49.7 Å². The van der Waals surface area contributed by atoms with Crippen LogP contribution in [0.25, 0.3) is 27.3 Å². The minimum absolute atomic E-state index is 0.364. The van der Waals surface area contributed by atoms with E-state index in [0.717, 1.165) is 48.5 Å². The summed E-state index contributed by atoms with van der Waals surface area (Å²) >= 11 is 1.81. The highest BCUT2D eigenvalue weighted by atomic mass is 32.1. The number of hydrogen-bond donors (Lipinski definition) is 1. The Balaban J connectivity index is 1.11. The lowest BCUT2D eigenvalue weighted by Crippen LogP contribution is -2.72. The van der Waals surface area contributed by atoms with Crippen molar-refractivity contribution in [2.75, 3.05) is 50.8 Å². The van der Waals surface area contributed by atoms with Gasteiger partial charge >= 0.3 is 0 Å². The normalized spacial score (nSPS) is 20.6. The van der Waals surface area contributed by atoms with Crippen molar-refractivity contribution in [3.05, 3.63) is 29.2 Å². The summed E-state index contributed by atoms with van der Waals surface area (Å²) in [6.07, 6.45) is 6.19. The molecule has 4 aromatic heterocycles. The number of fused-ring (bicyclic) bond motifs is 2. The van der Waals surface area contributed by atoms with Gasteiger partial charge in [0.1, 0.15) is 16.7 Å². The van der Waals surface area contributed by atoms with Crippen LogP contribution in [0.4, 0.5) is 5.13 Å². The lowest BCUT2D eigenvalue weighted by molar-refractivity contribution is -0.0426. The molecule has 3 saturated heterocycles. The smallest absolute Gasteiger partial charge is 0.187 e. The molecule has 0 unspecified atom stereocenters. The molecule has 3 aliphatic heterocycles. The Bertz CT molecular complexity index is 1430. The lowest BCUT2D eigenvalue weighted by atomic mass is 9.72.